The fourth-order valence-electron chi connectivity index (χ4n) is 8.06. The molecule has 50 heavy (non-hydrogen) atoms. The summed E-state index contributed by atoms with van der Waals surface area (Å²) >= 11 is 0. The van der Waals surface area contributed by atoms with Gasteiger partial charge in [0, 0.05) is 0 Å². The van der Waals surface area contributed by atoms with Gasteiger partial charge in [-0.25, -0.2) is 0 Å². The molecule has 232 valence electrons. The molecule has 0 unspecified atom stereocenters. The van der Waals surface area contributed by atoms with E-state index in [1.54, 1.807) is 0 Å². The Balaban J connectivity index is 1.19. The molecule has 0 heteroatoms. The van der Waals surface area contributed by atoms with Gasteiger partial charge in [-0.1, -0.05) is 170 Å². The topological polar surface area (TPSA) is 0 Å². The average Bonchev–Trinajstić information content (AvgIpc) is 3.20. The summed E-state index contributed by atoms with van der Waals surface area (Å²) < 4.78 is 0. The number of hydrogen-bond donors (Lipinski definition) is 0. The highest BCUT2D eigenvalue weighted by Gasteiger charge is 2.16. The number of hydrogen-bond acceptors (Lipinski definition) is 0. The lowest BCUT2D eigenvalue weighted by molar-refractivity contribution is 1.61. The minimum atomic E-state index is 1.23. The van der Waals surface area contributed by atoms with Crippen molar-refractivity contribution < 1.29 is 0 Å². The van der Waals surface area contributed by atoms with E-state index < -0.39 is 0 Å². The first-order valence-electron chi connectivity index (χ1n) is 17.3. The molecular weight excluding hydrogens is 601 g/mol. The van der Waals surface area contributed by atoms with E-state index in [4.69, 9.17) is 0 Å². The summed E-state index contributed by atoms with van der Waals surface area (Å²) in [6.07, 6.45) is 0. The minimum absolute atomic E-state index is 1.23. The minimum Gasteiger partial charge on any atom is -0.0622 e. The van der Waals surface area contributed by atoms with Crippen molar-refractivity contribution in [3.8, 4) is 44.5 Å². The molecule has 0 nitrogen and oxygen atoms in total. The maximum atomic E-state index is 2.41. The van der Waals surface area contributed by atoms with Gasteiger partial charge >= 0.3 is 0 Å². The van der Waals surface area contributed by atoms with Gasteiger partial charge < -0.3 is 0 Å². The number of fused-ring (bicyclic) bond motifs is 8. The van der Waals surface area contributed by atoms with Gasteiger partial charge in [0.2, 0.25) is 0 Å². The molecule has 0 atom stereocenters. The Bertz CT molecular complexity index is 2890. The van der Waals surface area contributed by atoms with Crippen molar-refractivity contribution in [2.75, 3.05) is 0 Å². The molecule has 0 spiro atoms. The average molecular weight is 633 g/mol. The normalized spacial score (nSPS) is 11.6. The highest BCUT2D eigenvalue weighted by atomic mass is 14.2. The summed E-state index contributed by atoms with van der Waals surface area (Å²) in [5.41, 5.74) is 9.95. The quantitative estimate of drug-likeness (QED) is 0.169. The van der Waals surface area contributed by atoms with Crippen LogP contribution in [-0.2, 0) is 0 Å². The standard InChI is InChI=1S/C50H32/c1-2-13-34(14-3-1)47-29-35-16-4-5-17-36(35)30-48(47)38-26-28-46-45-27-25-37(31-49(45)43-22-10-11-23-44(43)50(46)32-38)40-20-8-9-21-41(40)42-24-12-18-33-15-6-7-19-39(33)42/h1-32H. The highest BCUT2D eigenvalue weighted by Crippen LogP contribution is 2.43. The summed E-state index contributed by atoms with van der Waals surface area (Å²) in [5.74, 6) is 0. The zero-order chi connectivity index (χ0) is 33.0. The molecule has 0 fully saturated rings. The molecule has 10 aromatic rings. The van der Waals surface area contributed by atoms with Crippen molar-refractivity contribution in [3.05, 3.63) is 194 Å². The molecule has 0 aromatic heterocycles. The first kappa shape index (κ1) is 28.5. The van der Waals surface area contributed by atoms with Gasteiger partial charge in [0.25, 0.3) is 0 Å². The van der Waals surface area contributed by atoms with E-state index in [1.165, 1.54) is 98.4 Å². The van der Waals surface area contributed by atoms with E-state index in [2.05, 4.69) is 194 Å². The van der Waals surface area contributed by atoms with Gasteiger partial charge in [0.15, 0.2) is 0 Å². The monoisotopic (exact) mass is 632 g/mol. The zero-order valence-electron chi connectivity index (χ0n) is 27.5. The second-order valence-corrected chi connectivity index (χ2v) is 13.2. The third-order valence-corrected chi connectivity index (χ3v) is 10.4. The molecule has 0 heterocycles. The van der Waals surface area contributed by atoms with Crippen molar-refractivity contribution in [1.29, 1.82) is 0 Å². The summed E-state index contributed by atoms with van der Waals surface area (Å²) in [5, 5.41) is 12.7. The van der Waals surface area contributed by atoms with Gasteiger partial charge in [0.1, 0.15) is 0 Å². The largest absolute Gasteiger partial charge is 0.0622 e. The van der Waals surface area contributed by atoms with Crippen LogP contribution < -0.4 is 0 Å². The van der Waals surface area contributed by atoms with Crippen molar-refractivity contribution >= 4 is 53.9 Å². The Morgan fingerprint density at radius 2 is 0.620 bits per heavy atom. The van der Waals surface area contributed by atoms with E-state index in [9.17, 15) is 0 Å². The lowest BCUT2D eigenvalue weighted by Crippen LogP contribution is -1.90. The molecule has 0 bridgehead atoms. The smallest absolute Gasteiger partial charge is 0.00928 e. The molecule has 0 aliphatic rings. The van der Waals surface area contributed by atoms with Gasteiger partial charge in [-0.3, -0.25) is 0 Å². The Morgan fingerprint density at radius 1 is 0.180 bits per heavy atom. The lowest BCUT2D eigenvalue weighted by Gasteiger charge is -2.17. The summed E-state index contributed by atoms with van der Waals surface area (Å²) in [6, 6.07) is 71.3. The molecule has 0 aliphatic heterocycles. The van der Waals surface area contributed by atoms with Crippen LogP contribution >= 0.6 is 0 Å². The fraction of sp³-hybridized carbons (Fsp3) is 0. The molecule has 0 aliphatic carbocycles. The molecule has 0 amide bonds. The second kappa shape index (κ2) is 11.6. The summed E-state index contributed by atoms with van der Waals surface area (Å²) in [7, 11) is 0. The SMILES string of the molecule is c1ccc(-c2cc3ccccc3cc2-c2ccc3c4ccc(-c5ccccc5-c5cccc6ccccc56)cc4c4ccccc4c3c2)cc1. The maximum absolute atomic E-state index is 2.41. The first-order valence-corrected chi connectivity index (χ1v) is 17.3. The fourth-order valence-corrected chi connectivity index (χ4v) is 8.06. The second-order valence-electron chi connectivity index (χ2n) is 13.2. The van der Waals surface area contributed by atoms with Crippen molar-refractivity contribution in [2.45, 2.75) is 0 Å². The highest BCUT2D eigenvalue weighted by molar-refractivity contribution is 6.26. The van der Waals surface area contributed by atoms with Crippen LogP contribution in [0.1, 0.15) is 0 Å². The molecule has 0 radical (unpaired) electrons. The molecule has 10 rings (SSSR count). The summed E-state index contributed by atoms with van der Waals surface area (Å²) in [4.78, 5) is 0. The van der Waals surface area contributed by atoms with Crippen LogP contribution in [0, 0.1) is 0 Å². The Kier molecular flexibility index (Phi) is 6.60. The number of rotatable bonds is 4. The predicted octanol–water partition coefficient (Wildman–Crippen LogP) is 14.1. The number of benzene rings is 10. The van der Waals surface area contributed by atoms with Crippen LogP contribution in [0.3, 0.4) is 0 Å². The predicted molar refractivity (Wildman–Crippen MR) is 216 cm³/mol. The Morgan fingerprint density at radius 3 is 1.28 bits per heavy atom. The molecule has 0 saturated carbocycles. The van der Waals surface area contributed by atoms with Gasteiger partial charge in [-0.2, -0.15) is 0 Å². The summed E-state index contributed by atoms with van der Waals surface area (Å²) in [6.45, 7) is 0. The molecular formula is C50H32. The van der Waals surface area contributed by atoms with Crippen LogP contribution in [0.25, 0.3) is 98.4 Å². The Hall–Kier alpha value is -6.50. The van der Waals surface area contributed by atoms with Gasteiger partial charge in [0.05, 0.1) is 0 Å². The van der Waals surface area contributed by atoms with E-state index in [0.29, 0.717) is 0 Å². The van der Waals surface area contributed by atoms with E-state index in [-0.39, 0.29) is 0 Å². The van der Waals surface area contributed by atoms with Crippen molar-refractivity contribution in [2.24, 2.45) is 0 Å². The van der Waals surface area contributed by atoms with Crippen LogP contribution in [0.5, 0.6) is 0 Å². The molecule has 0 N–H and O–H groups in total. The van der Waals surface area contributed by atoms with Gasteiger partial charge in [-0.15, -0.1) is 0 Å². The van der Waals surface area contributed by atoms with Gasteiger partial charge in [-0.05, 0) is 123 Å². The van der Waals surface area contributed by atoms with Crippen molar-refractivity contribution in [1.82, 2.24) is 0 Å². The first-order chi connectivity index (χ1) is 24.8. The van der Waals surface area contributed by atoms with E-state index in [0.717, 1.165) is 0 Å². The molecule has 0 saturated heterocycles. The lowest BCUT2D eigenvalue weighted by atomic mass is 9.87. The maximum Gasteiger partial charge on any atom is -0.00928 e. The third-order valence-electron chi connectivity index (χ3n) is 10.4. The van der Waals surface area contributed by atoms with Crippen molar-refractivity contribution in [3.63, 3.8) is 0 Å². The van der Waals surface area contributed by atoms with Crippen LogP contribution in [0.2, 0.25) is 0 Å². The third kappa shape index (κ3) is 4.61. The van der Waals surface area contributed by atoms with Crippen LogP contribution in [-0.4, -0.2) is 0 Å². The van der Waals surface area contributed by atoms with Crippen LogP contribution in [0.4, 0.5) is 0 Å². The zero-order valence-corrected chi connectivity index (χ0v) is 27.5. The molecule has 10 aromatic carbocycles. The van der Waals surface area contributed by atoms with Crippen LogP contribution in [0.15, 0.2) is 194 Å². The van der Waals surface area contributed by atoms with E-state index in [1.807, 2.05) is 0 Å². The van der Waals surface area contributed by atoms with E-state index >= 15 is 0 Å². The Labute approximate surface area is 291 Å².